The zero-order chi connectivity index (χ0) is 20.7. The lowest BCUT2D eigenvalue weighted by Gasteiger charge is -2.17. The van der Waals surface area contributed by atoms with Crippen molar-refractivity contribution in [2.24, 2.45) is 0 Å². The molecule has 1 unspecified atom stereocenters. The molecule has 0 saturated carbocycles. The minimum absolute atomic E-state index is 0.0165. The predicted molar refractivity (Wildman–Crippen MR) is 111 cm³/mol. The maximum absolute atomic E-state index is 12.7. The Bertz CT molecular complexity index is 945. The van der Waals surface area contributed by atoms with Crippen molar-refractivity contribution in [2.75, 3.05) is 17.6 Å². The van der Waals surface area contributed by atoms with Gasteiger partial charge in [-0.2, -0.15) is 0 Å². The highest BCUT2D eigenvalue weighted by Gasteiger charge is 2.24. The summed E-state index contributed by atoms with van der Waals surface area (Å²) in [7, 11) is -2.24. The van der Waals surface area contributed by atoms with Gasteiger partial charge in [0.15, 0.2) is 6.04 Å². The minimum atomic E-state index is -3.47. The Morgan fingerprint density at radius 3 is 2.43 bits per heavy atom. The molecule has 9 heteroatoms. The maximum atomic E-state index is 12.7. The summed E-state index contributed by atoms with van der Waals surface area (Å²) in [6.45, 7) is 1.76. The van der Waals surface area contributed by atoms with E-state index in [4.69, 9.17) is 4.74 Å². The number of nitrogens with one attached hydrogen (secondary N) is 2. The van der Waals surface area contributed by atoms with Crippen LogP contribution in [0, 0.1) is 0 Å². The molecule has 1 atom stereocenters. The lowest BCUT2D eigenvalue weighted by atomic mass is 10.1. The molecule has 2 aromatic carbocycles. The average molecular weight is 469 g/mol. The highest BCUT2D eigenvalue weighted by Crippen LogP contribution is 2.20. The molecule has 2 aromatic rings. The molecule has 2 rings (SSSR count). The van der Waals surface area contributed by atoms with Gasteiger partial charge < -0.3 is 10.1 Å². The van der Waals surface area contributed by atoms with Crippen molar-refractivity contribution in [3.8, 4) is 0 Å². The van der Waals surface area contributed by atoms with Gasteiger partial charge in [0.2, 0.25) is 10.0 Å². The van der Waals surface area contributed by atoms with E-state index < -0.39 is 27.9 Å². The Morgan fingerprint density at radius 2 is 1.82 bits per heavy atom. The van der Waals surface area contributed by atoms with Crippen LogP contribution in [-0.2, 0) is 19.6 Å². The van der Waals surface area contributed by atoms with E-state index in [1.165, 1.54) is 19.2 Å². The topological polar surface area (TPSA) is 102 Å². The number of ether oxygens (including phenoxy) is 1. The van der Waals surface area contributed by atoms with Crippen LogP contribution in [0.1, 0.15) is 35.3 Å². The van der Waals surface area contributed by atoms with Gasteiger partial charge in [0.25, 0.3) is 5.91 Å². The Kier molecular flexibility index (Phi) is 7.59. The van der Waals surface area contributed by atoms with Gasteiger partial charge in [-0.1, -0.05) is 41.1 Å². The second-order valence-corrected chi connectivity index (χ2v) is 8.74. The molecular weight excluding hydrogens is 448 g/mol. The standard InChI is InChI=1S/C19H21BrN2O5S/c1-3-11-28(25,26)22-16-6-4-5-14(12-16)18(23)21-17(19(24)27-2)13-7-9-15(20)10-8-13/h4-10,12,17,22H,3,11H2,1-2H3,(H,21,23). The van der Waals surface area contributed by atoms with Gasteiger partial charge in [-0.3, -0.25) is 9.52 Å². The smallest absolute Gasteiger partial charge is 0.333 e. The molecule has 0 radical (unpaired) electrons. The van der Waals surface area contributed by atoms with E-state index in [1.54, 1.807) is 43.3 Å². The second-order valence-electron chi connectivity index (χ2n) is 5.98. The maximum Gasteiger partial charge on any atom is 0.333 e. The molecule has 0 bridgehead atoms. The van der Waals surface area contributed by atoms with Crippen molar-refractivity contribution in [1.82, 2.24) is 5.32 Å². The number of halogens is 1. The number of amides is 1. The summed E-state index contributed by atoms with van der Waals surface area (Å²) in [5, 5.41) is 2.63. The average Bonchev–Trinajstić information content (AvgIpc) is 2.66. The quantitative estimate of drug-likeness (QED) is 0.578. The third-order valence-corrected chi connectivity index (χ3v) is 5.81. The van der Waals surface area contributed by atoms with Crippen LogP contribution in [0.4, 0.5) is 5.69 Å². The molecule has 7 nitrogen and oxygen atoms in total. The number of methoxy groups -OCH3 is 1. The van der Waals surface area contributed by atoms with E-state index in [1.807, 2.05) is 0 Å². The zero-order valence-electron chi connectivity index (χ0n) is 15.4. The van der Waals surface area contributed by atoms with Crippen molar-refractivity contribution >= 4 is 43.5 Å². The van der Waals surface area contributed by atoms with Crippen LogP contribution in [-0.4, -0.2) is 33.2 Å². The Hall–Kier alpha value is -2.39. The first kappa shape index (κ1) is 21.9. The van der Waals surface area contributed by atoms with Crippen LogP contribution in [0.25, 0.3) is 0 Å². The fourth-order valence-corrected chi connectivity index (χ4v) is 3.88. The van der Waals surface area contributed by atoms with Crippen LogP contribution in [0.5, 0.6) is 0 Å². The predicted octanol–water partition coefficient (Wildman–Crippen LogP) is 3.24. The molecule has 0 fully saturated rings. The summed E-state index contributed by atoms with van der Waals surface area (Å²) in [5.74, 6) is -1.16. The van der Waals surface area contributed by atoms with E-state index in [0.29, 0.717) is 12.0 Å². The minimum Gasteiger partial charge on any atom is -0.467 e. The number of hydrogen-bond acceptors (Lipinski definition) is 5. The molecule has 0 saturated heterocycles. The summed E-state index contributed by atoms with van der Waals surface area (Å²) in [5.41, 5.74) is 1.05. The van der Waals surface area contributed by atoms with Crippen molar-refractivity contribution in [3.05, 3.63) is 64.1 Å². The van der Waals surface area contributed by atoms with Crippen molar-refractivity contribution in [2.45, 2.75) is 19.4 Å². The van der Waals surface area contributed by atoms with Crippen LogP contribution >= 0.6 is 15.9 Å². The third kappa shape index (κ3) is 6.07. The fourth-order valence-electron chi connectivity index (χ4n) is 2.49. The molecule has 0 heterocycles. The van der Waals surface area contributed by atoms with E-state index in [2.05, 4.69) is 26.0 Å². The molecule has 0 aliphatic carbocycles. The van der Waals surface area contributed by atoms with E-state index in [9.17, 15) is 18.0 Å². The molecule has 0 aliphatic rings. The fraction of sp³-hybridized carbons (Fsp3) is 0.263. The third-order valence-electron chi connectivity index (χ3n) is 3.79. The van der Waals surface area contributed by atoms with E-state index in [0.717, 1.165) is 4.47 Å². The van der Waals surface area contributed by atoms with Crippen molar-refractivity contribution < 1.29 is 22.7 Å². The summed E-state index contributed by atoms with van der Waals surface area (Å²) in [6, 6.07) is 12.0. The Balaban J connectivity index is 2.23. The highest BCUT2D eigenvalue weighted by atomic mass is 79.9. The van der Waals surface area contributed by atoms with Gasteiger partial charge in [0, 0.05) is 15.7 Å². The number of carbonyl (C=O) groups excluding carboxylic acids is 2. The molecule has 28 heavy (non-hydrogen) atoms. The number of hydrogen-bond donors (Lipinski definition) is 2. The zero-order valence-corrected chi connectivity index (χ0v) is 17.8. The van der Waals surface area contributed by atoms with Gasteiger partial charge >= 0.3 is 5.97 Å². The molecular formula is C19H21BrN2O5S. The van der Waals surface area contributed by atoms with Gasteiger partial charge in [0.1, 0.15) is 0 Å². The van der Waals surface area contributed by atoms with Crippen LogP contribution in [0.2, 0.25) is 0 Å². The van der Waals surface area contributed by atoms with E-state index >= 15 is 0 Å². The first-order valence-corrected chi connectivity index (χ1v) is 10.9. The summed E-state index contributed by atoms with van der Waals surface area (Å²) < 4.78 is 31.9. The van der Waals surface area contributed by atoms with Crippen molar-refractivity contribution in [3.63, 3.8) is 0 Å². The molecule has 0 aliphatic heterocycles. The molecule has 1 amide bonds. The largest absolute Gasteiger partial charge is 0.467 e. The first-order valence-electron chi connectivity index (χ1n) is 8.50. The summed E-state index contributed by atoms with van der Waals surface area (Å²) in [4.78, 5) is 24.8. The number of esters is 1. The highest BCUT2D eigenvalue weighted by molar-refractivity contribution is 9.10. The van der Waals surface area contributed by atoms with Crippen LogP contribution in [0.3, 0.4) is 0 Å². The number of carbonyl (C=O) groups is 2. The van der Waals surface area contributed by atoms with Crippen molar-refractivity contribution in [1.29, 1.82) is 0 Å². The van der Waals surface area contributed by atoms with Gasteiger partial charge in [-0.15, -0.1) is 0 Å². The molecule has 2 N–H and O–H groups in total. The van der Waals surface area contributed by atoms with Gasteiger partial charge in [-0.25, -0.2) is 13.2 Å². The van der Waals surface area contributed by atoms with Gasteiger partial charge in [-0.05, 0) is 42.3 Å². The Labute approximate surface area is 172 Å². The normalized spacial score (nSPS) is 12.1. The molecule has 0 aromatic heterocycles. The second kappa shape index (κ2) is 9.70. The van der Waals surface area contributed by atoms with E-state index in [-0.39, 0.29) is 17.0 Å². The van der Waals surface area contributed by atoms with Gasteiger partial charge in [0.05, 0.1) is 12.9 Å². The number of sulfonamides is 1. The number of anilines is 1. The molecule has 150 valence electrons. The SMILES string of the molecule is CCCS(=O)(=O)Nc1cccc(C(=O)NC(C(=O)OC)c2ccc(Br)cc2)c1. The lowest BCUT2D eigenvalue weighted by molar-refractivity contribution is -0.143. The van der Waals surface area contributed by atoms with Crippen LogP contribution in [0.15, 0.2) is 53.0 Å². The summed E-state index contributed by atoms with van der Waals surface area (Å²) >= 11 is 3.32. The monoisotopic (exact) mass is 468 g/mol. The summed E-state index contributed by atoms with van der Waals surface area (Å²) in [6.07, 6.45) is 0.476. The first-order chi connectivity index (χ1) is 13.3. The molecule has 0 spiro atoms. The van der Waals surface area contributed by atoms with Crippen LogP contribution < -0.4 is 10.0 Å². The number of rotatable bonds is 8. The Morgan fingerprint density at radius 1 is 1.14 bits per heavy atom. The number of benzene rings is 2. The lowest BCUT2D eigenvalue weighted by Crippen LogP contribution is -2.34.